The Hall–Kier alpha value is -2.42. The lowest BCUT2D eigenvalue weighted by Gasteiger charge is -2.12. The number of amides is 1. The topological polar surface area (TPSA) is 87.7 Å². The molecule has 1 amide bonds. The van der Waals surface area contributed by atoms with Crippen molar-refractivity contribution < 1.29 is 17.9 Å². The Morgan fingerprint density at radius 3 is 2.37 bits per heavy atom. The fourth-order valence-corrected chi connectivity index (χ4v) is 3.42. The zero-order valence-corrected chi connectivity index (χ0v) is 16.5. The van der Waals surface area contributed by atoms with Gasteiger partial charge in [-0.25, -0.2) is 13.1 Å². The maximum atomic E-state index is 12.3. The number of methoxy groups -OCH3 is 1. The number of nitrogens with one attached hydrogen (secondary N) is 2. The van der Waals surface area contributed by atoms with Crippen molar-refractivity contribution in [3.05, 3.63) is 59.7 Å². The predicted octanol–water partition coefficient (Wildman–Crippen LogP) is 1.47. The number of rotatable bonds is 9. The first-order chi connectivity index (χ1) is 12.8. The summed E-state index contributed by atoms with van der Waals surface area (Å²) in [6, 6.07) is 13.3. The number of hydrogen-bond acceptors (Lipinski definition) is 5. The van der Waals surface area contributed by atoms with Crippen LogP contribution >= 0.6 is 0 Å². The van der Waals surface area contributed by atoms with Crippen molar-refractivity contribution in [1.82, 2.24) is 14.9 Å². The second-order valence-electron chi connectivity index (χ2n) is 6.22. The van der Waals surface area contributed by atoms with Crippen molar-refractivity contribution in [2.24, 2.45) is 0 Å². The number of carbonyl (C=O) groups is 1. The van der Waals surface area contributed by atoms with Crippen LogP contribution in [0, 0.1) is 0 Å². The number of likely N-dealkylation sites (N-methyl/N-ethyl adjacent to an activating group) is 1. The van der Waals surface area contributed by atoms with Crippen LogP contribution in [0.3, 0.4) is 0 Å². The van der Waals surface area contributed by atoms with Crippen LogP contribution in [0.2, 0.25) is 0 Å². The summed E-state index contributed by atoms with van der Waals surface area (Å²) in [5.41, 5.74) is 1.25. The van der Waals surface area contributed by atoms with Crippen molar-refractivity contribution in [3.63, 3.8) is 0 Å². The number of carbonyl (C=O) groups excluding carboxylic acids is 1. The van der Waals surface area contributed by atoms with E-state index in [-0.39, 0.29) is 10.8 Å². The molecule has 0 atom stereocenters. The van der Waals surface area contributed by atoms with E-state index in [0.717, 1.165) is 5.56 Å². The van der Waals surface area contributed by atoms with E-state index in [0.29, 0.717) is 30.9 Å². The third-order valence-corrected chi connectivity index (χ3v) is 5.39. The summed E-state index contributed by atoms with van der Waals surface area (Å²) in [4.78, 5) is 14.3. The summed E-state index contributed by atoms with van der Waals surface area (Å²) in [5.74, 6) is 0.411. The minimum absolute atomic E-state index is 0.127. The van der Waals surface area contributed by atoms with Crippen molar-refractivity contribution >= 4 is 15.9 Å². The molecule has 0 heterocycles. The van der Waals surface area contributed by atoms with E-state index in [4.69, 9.17) is 4.74 Å². The van der Waals surface area contributed by atoms with Gasteiger partial charge in [0, 0.05) is 30.8 Å². The van der Waals surface area contributed by atoms with E-state index in [2.05, 4.69) is 10.0 Å². The second kappa shape index (κ2) is 9.50. The Labute approximate surface area is 160 Å². The fourth-order valence-electron chi connectivity index (χ4n) is 2.40. The second-order valence-corrected chi connectivity index (χ2v) is 7.99. The van der Waals surface area contributed by atoms with Gasteiger partial charge in [0.25, 0.3) is 5.91 Å². The summed E-state index contributed by atoms with van der Waals surface area (Å²) in [6.45, 7) is 1.23. The summed E-state index contributed by atoms with van der Waals surface area (Å²) in [7, 11) is 1.72. The molecule has 7 nitrogen and oxygen atoms in total. The van der Waals surface area contributed by atoms with Gasteiger partial charge in [0.2, 0.25) is 10.0 Å². The van der Waals surface area contributed by atoms with E-state index < -0.39 is 10.0 Å². The molecule has 146 valence electrons. The van der Waals surface area contributed by atoms with Crippen molar-refractivity contribution in [2.45, 2.75) is 11.4 Å². The van der Waals surface area contributed by atoms with Gasteiger partial charge in [-0.1, -0.05) is 18.2 Å². The van der Waals surface area contributed by atoms with Crippen molar-refractivity contribution in [1.29, 1.82) is 0 Å². The van der Waals surface area contributed by atoms with Gasteiger partial charge in [0.1, 0.15) is 5.75 Å². The number of ether oxygens (including phenoxy) is 1. The molecule has 8 heteroatoms. The highest BCUT2D eigenvalue weighted by Crippen LogP contribution is 2.17. The van der Waals surface area contributed by atoms with Gasteiger partial charge in [0.05, 0.1) is 12.0 Å². The molecule has 0 aromatic heterocycles. The molecule has 0 saturated carbocycles. The standard InChI is InChI=1S/C19H25N3O4S/c1-22(2)13-12-21-27(24,25)17-10-8-15(9-11-17)19(23)20-14-16-6-4-5-7-18(16)26-3/h4-11,21H,12-14H2,1-3H3,(H,20,23). The van der Waals surface area contributed by atoms with Gasteiger partial charge < -0.3 is 15.0 Å². The van der Waals surface area contributed by atoms with E-state index in [1.807, 2.05) is 43.3 Å². The number of nitrogens with zero attached hydrogens (tertiary/aromatic N) is 1. The normalized spacial score (nSPS) is 11.4. The smallest absolute Gasteiger partial charge is 0.251 e. The van der Waals surface area contributed by atoms with Gasteiger partial charge in [-0.2, -0.15) is 0 Å². The average molecular weight is 391 g/mol. The van der Waals surface area contributed by atoms with Crippen LogP contribution in [0.5, 0.6) is 5.75 Å². The molecule has 27 heavy (non-hydrogen) atoms. The quantitative estimate of drug-likeness (QED) is 0.676. The molecule has 2 aromatic carbocycles. The molecular formula is C19H25N3O4S. The number of para-hydroxylation sites is 1. The van der Waals surface area contributed by atoms with Gasteiger partial charge in [-0.15, -0.1) is 0 Å². The molecule has 0 spiro atoms. The highest BCUT2D eigenvalue weighted by atomic mass is 32.2. The van der Waals surface area contributed by atoms with Crippen LogP contribution in [-0.4, -0.2) is 53.5 Å². The van der Waals surface area contributed by atoms with Crippen molar-refractivity contribution in [3.8, 4) is 5.75 Å². The minimum Gasteiger partial charge on any atom is -0.496 e. The van der Waals surface area contributed by atoms with Crippen LogP contribution in [0.25, 0.3) is 0 Å². The molecule has 0 aliphatic carbocycles. The Balaban J connectivity index is 1.98. The minimum atomic E-state index is -3.59. The van der Waals surface area contributed by atoms with Gasteiger partial charge >= 0.3 is 0 Å². The molecule has 0 aliphatic heterocycles. The Morgan fingerprint density at radius 2 is 1.74 bits per heavy atom. The lowest BCUT2D eigenvalue weighted by atomic mass is 10.2. The predicted molar refractivity (Wildman–Crippen MR) is 104 cm³/mol. The van der Waals surface area contributed by atoms with Gasteiger partial charge in [0.15, 0.2) is 0 Å². The molecule has 2 N–H and O–H groups in total. The maximum Gasteiger partial charge on any atom is 0.251 e. The third kappa shape index (κ3) is 6.06. The van der Waals surface area contributed by atoms with Crippen LogP contribution in [-0.2, 0) is 16.6 Å². The van der Waals surface area contributed by atoms with E-state index in [1.54, 1.807) is 7.11 Å². The molecular weight excluding hydrogens is 366 g/mol. The SMILES string of the molecule is COc1ccccc1CNC(=O)c1ccc(S(=O)(=O)NCCN(C)C)cc1. The summed E-state index contributed by atoms with van der Waals surface area (Å²) < 4.78 is 32.3. The maximum absolute atomic E-state index is 12.3. The number of hydrogen-bond donors (Lipinski definition) is 2. The summed E-state index contributed by atoms with van der Waals surface area (Å²) >= 11 is 0. The van der Waals surface area contributed by atoms with Crippen molar-refractivity contribution in [2.75, 3.05) is 34.3 Å². The lowest BCUT2D eigenvalue weighted by molar-refractivity contribution is 0.0950. The largest absolute Gasteiger partial charge is 0.496 e. The Morgan fingerprint density at radius 1 is 1.07 bits per heavy atom. The summed E-state index contributed by atoms with van der Waals surface area (Å²) in [5, 5.41) is 2.81. The molecule has 0 fully saturated rings. The third-order valence-electron chi connectivity index (χ3n) is 3.91. The van der Waals surface area contributed by atoms with Crippen LogP contribution < -0.4 is 14.8 Å². The van der Waals surface area contributed by atoms with Gasteiger partial charge in [-0.05, 0) is 44.4 Å². The number of sulfonamides is 1. The molecule has 0 radical (unpaired) electrons. The molecule has 2 aromatic rings. The van der Waals surface area contributed by atoms with E-state index in [9.17, 15) is 13.2 Å². The highest BCUT2D eigenvalue weighted by Gasteiger charge is 2.15. The average Bonchev–Trinajstić information content (AvgIpc) is 2.66. The molecule has 0 bridgehead atoms. The zero-order valence-electron chi connectivity index (χ0n) is 15.7. The molecule has 0 saturated heterocycles. The lowest BCUT2D eigenvalue weighted by Crippen LogP contribution is -2.31. The summed E-state index contributed by atoms with van der Waals surface area (Å²) in [6.07, 6.45) is 0. The van der Waals surface area contributed by atoms with Crippen LogP contribution in [0.15, 0.2) is 53.4 Å². The molecule has 0 aliphatic rings. The van der Waals surface area contributed by atoms with Crippen LogP contribution in [0.4, 0.5) is 0 Å². The number of benzene rings is 2. The molecule has 0 unspecified atom stereocenters. The van der Waals surface area contributed by atoms with E-state index in [1.165, 1.54) is 24.3 Å². The zero-order chi connectivity index (χ0) is 19.9. The van der Waals surface area contributed by atoms with Gasteiger partial charge in [-0.3, -0.25) is 4.79 Å². The first-order valence-corrected chi connectivity index (χ1v) is 9.96. The fraction of sp³-hybridized carbons (Fsp3) is 0.316. The monoisotopic (exact) mass is 391 g/mol. The highest BCUT2D eigenvalue weighted by molar-refractivity contribution is 7.89. The van der Waals surface area contributed by atoms with E-state index >= 15 is 0 Å². The molecule has 2 rings (SSSR count). The Kier molecular flexibility index (Phi) is 7.35. The van der Waals surface area contributed by atoms with Crippen LogP contribution in [0.1, 0.15) is 15.9 Å². The first-order valence-electron chi connectivity index (χ1n) is 8.48. The first kappa shape index (κ1) is 20.9. The Bertz CT molecular complexity index is 865.